The Morgan fingerprint density at radius 2 is 1.10 bits per heavy atom. The van der Waals surface area contributed by atoms with Crippen molar-refractivity contribution in [1.82, 2.24) is 58.5 Å². The summed E-state index contributed by atoms with van der Waals surface area (Å²) >= 11 is 5.32. The van der Waals surface area contributed by atoms with Gasteiger partial charge in [-0.3, -0.25) is 29.1 Å². The number of nitrogens with zero attached hydrogens (tertiary/aromatic N) is 8. The molecule has 1 amide bonds. The van der Waals surface area contributed by atoms with Gasteiger partial charge in [0.1, 0.15) is 23.1 Å². The third-order valence-electron chi connectivity index (χ3n) is 16.8. The Labute approximate surface area is 520 Å². The number of aryl methyl sites for hydroxylation is 2. The van der Waals surface area contributed by atoms with Gasteiger partial charge in [-0.1, -0.05) is 6.92 Å². The van der Waals surface area contributed by atoms with E-state index in [1.54, 1.807) is 51.5 Å². The van der Waals surface area contributed by atoms with E-state index in [4.69, 9.17) is 21.3 Å². The summed E-state index contributed by atoms with van der Waals surface area (Å²) in [6.45, 7) is 19.7. The number of piperazine rings is 2. The van der Waals surface area contributed by atoms with E-state index < -0.39 is 18.7 Å². The number of aromatic amines is 2. The molecule has 7 N–H and O–H groups in total. The second-order valence-electron chi connectivity index (χ2n) is 22.2. The van der Waals surface area contributed by atoms with Crippen LogP contribution in [0.25, 0.3) is 33.3 Å². The molecule has 0 radical (unpaired) electrons. The van der Waals surface area contributed by atoms with Crippen molar-refractivity contribution in [2.24, 2.45) is 0 Å². The van der Waals surface area contributed by atoms with E-state index in [1.807, 2.05) is 70.4 Å². The Bertz CT molecular complexity index is 3920. The van der Waals surface area contributed by atoms with Crippen molar-refractivity contribution in [3.8, 4) is 33.8 Å². The second kappa shape index (κ2) is 29.4. The minimum atomic E-state index is -4.24. The molecule has 0 aromatic carbocycles. The van der Waals surface area contributed by atoms with E-state index in [9.17, 15) is 37.5 Å². The predicted molar refractivity (Wildman–Crippen MR) is 342 cm³/mol. The topological polar surface area (TPSA) is 234 Å². The summed E-state index contributed by atoms with van der Waals surface area (Å²) in [5.74, 6) is 1.16. The molecule has 25 heteroatoms. The van der Waals surface area contributed by atoms with Crippen molar-refractivity contribution in [3.63, 3.8) is 0 Å². The smallest absolute Gasteiger partial charge is 0.401 e. The van der Waals surface area contributed by atoms with Gasteiger partial charge in [-0.05, 0) is 143 Å². The number of hydrogen-bond acceptors (Lipinski definition) is 15. The summed E-state index contributed by atoms with van der Waals surface area (Å²) in [5.41, 5.74) is 11.5. The molecule has 2 aliphatic rings. The average Bonchev–Trinajstić information content (AvgIpc) is 1.78. The van der Waals surface area contributed by atoms with E-state index in [0.717, 1.165) is 100 Å². The van der Waals surface area contributed by atoms with Gasteiger partial charge in [-0.25, -0.2) is 19.6 Å². The number of likely N-dealkylation sites (N-methyl/N-ethyl adjacent to an activating group) is 1. The normalized spacial score (nSPS) is 15.0. The molecule has 2 aliphatic heterocycles. The SMILES string of the molecule is CCN1CCN(C(C)c2c(C)c(C(=O)O)cc3c(-c4ccnc(NC)c4)ccn23)CC1.CNc1cc(-c2ccn3c(C(C)N4CCN(CC(F)(F)F)CC4)c(C)c(C(=O)NCc4c(OC)cc(C)[nH]c4=O)cc23)ccn1.COc1cc(C)[nH]c(=O)c1CNCl. The van der Waals surface area contributed by atoms with E-state index in [2.05, 4.69) is 90.3 Å². The first-order chi connectivity index (χ1) is 42.5. The summed E-state index contributed by atoms with van der Waals surface area (Å²) in [6.07, 6.45) is 3.27. The lowest BCUT2D eigenvalue weighted by Crippen LogP contribution is -2.49. The molecule has 10 heterocycles. The number of amides is 1. The van der Waals surface area contributed by atoms with Gasteiger partial charge >= 0.3 is 12.1 Å². The number of anilines is 2. The number of ether oxygens (including phenoxy) is 2. The molecule has 2 unspecified atom stereocenters. The van der Waals surface area contributed by atoms with Gasteiger partial charge in [0.05, 0.1) is 55.0 Å². The van der Waals surface area contributed by atoms with Crippen molar-refractivity contribution in [2.45, 2.75) is 79.8 Å². The van der Waals surface area contributed by atoms with Crippen LogP contribution in [0.4, 0.5) is 24.8 Å². The minimum absolute atomic E-state index is 0.0436. The largest absolute Gasteiger partial charge is 0.496 e. The number of H-pyrrole nitrogens is 2. The summed E-state index contributed by atoms with van der Waals surface area (Å²) < 4.78 is 53.7. The molecule has 2 atom stereocenters. The molecule has 0 spiro atoms. The number of aromatic nitrogens is 6. The zero-order valence-electron chi connectivity index (χ0n) is 52.2. The third kappa shape index (κ3) is 15.4. The van der Waals surface area contributed by atoms with Crippen LogP contribution in [0.1, 0.15) is 98.6 Å². The number of carbonyl (C=O) groups is 2. The molecule has 8 aromatic rings. The van der Waals surface area contributed by atoms with Crippen LogP contribution in [-0.2, 0) is 13.1 Å². The van der Waals surface area contributed by atoms with Crippen LogP contribution in [0.3, 0.4) is 0 Å². The number of carboxylic acid groups (broad SMARTS) is 1. The Morgan fingerprint density at radius 1 is 0.663 bits per heavy atom. The van der Waals surface area contributed by atoms with Gasteiger partial charge in [0, 0.05) is 149 Å². The fraction of sp³-hybridized carbons (Fsp3) is 0.406. The Morgan fingerprint density at radius 3 is 1.52 bits per heavy atom. The number of hydrogen-bond donors (Lipinski definition) is 7. The lowest BCUT2D eigenvalue weighted by molar-refractivity contribution is -0.149. The highest BCUT2D eigenvalue weighted by Crippen LogP contribution is 2.37. The van der Waals surface area contributed by atoms with Crippen LogP contribution in [0.2, 0.25) is 0 Å². The highest BCUT2D eigenvalue weighted by molar-refractivity contribution is 6.13. The molecule has 2 saturated heterocycles. The van der Waals surface area contributed by atoms with Crippen LogP contribution < -0.4 is 41.4 Å². The molecule has 2 fully saturated rings. The third-order valence-corrected chi connectivity index (χ3v) is 16.9. The highest BCUT2D eigenvalue weighted by atomic mass is 35.5. The number of alkyl halides is 3. The van der Waals surface area contributed by atoms with Crippen LogP contribution in [0.15, 0.2) is 95.0 Å². The van der Waals surface area contributed by atoms with Gasteiger partial charge < -0.3 is 54.2 Å². The molecular formula is C64H80ClF3N14O7. The molecule has 89 heavy (non-hydrogen) atoms. The predicted octanol–water partition coefficient (Wildman–Crippen LogP) is 9.21. The van der Waals surface area contributed by atoms with Crippen molar-refractivity contribution in [3.05, 3.63) is 162 Å². The number of pyridine rings is 6. The zero-order valence-corrected chi connectivity index (χ0v) is 53.0. The number of rotatable bonds is 18. The number of aromatic carboxylic acids is 1. The van der Waals surface area contributed by atoms with E-state index in [1.165, 1.54) is 19.1 Å². The first kappa shape index (κ1) is 66.7. The van der Waals surface area contributed by atoms with Gasteiger partial charge in [0.15, 0.2) is 0 Å². The molecule has 8 aromatic heterocycles. The van der Waals surface area contributed by atoms with Crippen LogP contribution in [-0.4, -0.2) is 165 Å². The van der Waals surface area contributed by atoms with Gasteiger partial charge in [0.2, 0.25) is 0 Å². The first-order valence-electron chi connectivity index (χ1n) is 29.5. The summed E-state index contributed by atoms with van der Waals surface area (Å²) in [7, 11) is 6.62. The molecule has 0 saturated carbocycles. The lowest BCUT2D eigenvalue weighted by Gasteiger charge is -2.39. The standard InChI is InChI=1S/C32H38F3N7O3.C24H31N5O2.C8H11ClN2O2/c1-19-14-27(45-5)25(31(44)39-19)17-38-30(43)24-16-26-23(22-6-8-37-28(15-22)36-4)7-9-42(26)29(20(24)2)21(3)41-12-10-40(11-13-41)18-32(33,34)35;1-5-27-10-12-28(13-11-27)17(3)23-16(2)20(24(30)31)15-21-19(7-9-29(21)23)18-6-8-26-22(14-18)25-4;1-5-3-7(13-2)6(4-10-9)8(12)11-5/h6-9,14-16,21H,10-13,17-18H2,1-5H3,(H,36,37)(H,38,43)(H,39,44);6-9,14-15,17H,5,10-13H2,1-4H3,(H,25,26)(H,30,31);3,10H,4H2,1-2H3,(H,11,12). The van der Waals surface area contributed by atoms with Crippen LogP contribution >= 0.6 is 11.8 Å². The van der Waals surface area contributed by atoms with Crippen molar-refractivity contribution in [1.29, 1.82) is 0 Å². The van der Waals surface area contributed by atoms with E-state index in [-0.39, 0.29) is 42.2 Å². The first-order valence-corrected chi connectivity index (χ1v) is 29.9. The molecule has 0 aliphatic carbocycles. The average molecular weight is 1250 g/mol. The fourth-order valence-corrected chi connectivity index (χ4v) is 12.1. The number of nitrogens with one attached hydrogen (secondary N) is 6. The second-order valence-corrected chi connectivity index (χ2v) is 22.4. The van der Waals surface area contributed by atoms with E-state index >= 15 is 0 Å². The Hall–Kier alpha value is -8.26. The van der Waals surface area contributed by atoms with Gasteiger partial charge in [-0.2, -0.15) is 13.2 Å². The quantitative estimate of drug-likeness (QED) is 0.0397. The van der Waals surface area contributed by atoms with Crippen molar-refractivity contribution < 1.29 is 37.3 Å². The molecular weight excluding hydrogens is 1170 g/mol. The van der Waals surface area contributed by atoms with Crippen molar-refractivity contribution in [2.75, 3.05) is 104 Å². The Kier molecular flexibility index (Phi) is 22.0. The Balaban J connectivity index is 0.000000200. The minimum Gasteiger partial charge on any atom is -0.496 e. The van der Waals surface area contributed by atoms with Gasteiger partial charge in [0.25, 0.3) is 17.0 Å². The highest BCUT2D eigenvalue weighted by Gasteiger charge is 2.34. The fourth-order valence-electron chi connectivity index (χ4n) is 12.0. The number of fused-ring (bicyclic) bond motifs is 2. The summed E-state index contributed by atoms with van der Waals surface area (Å²) in [4.78, 5) is 74.9. The lowest BCUT2D eigenvalue weighted by atomic mass is 9.99. The number of carbonyl (C=O) groups excluding carboxylic acids is 1. The number of halogens is 4. The molecule has 10 rings (SSSR count). The molecule has 476 valence electrons. The monoisotopic (exact) mass is 1250 g/mol. The zero-order chi connectivity index (χ0) is 64.4. The van der Waals surface area contributed by atoms with Crippen LogP contribution in [0.5, 0.6) is 11.5 Å². The van der Waals surface area contributed by atoms with Crippen LogP contribution in [0, 0.1) is 27.7 Å². The van der Waals surface area contributed by atoms with E-state index in [0.29, 0.717) is 71.4 Å². The van der Waals surface area contributed by atoms with Gasteiger partial charge in [-0.15, -0.1) is 0 Å². The molecule has 0 bridgehead atoms. The summed E-state index contributed by atoms with van der Waals surface area (Å²) in [5, 5.41) is 19.0. The number of carboxylic acids is 1. The summed E-state index contributed by atoms with van der Waals surface area (Å²) in [6, 6.07) is 18.8. The number of methoxy groups -OCH3 is 2. The van der Waals surface area contributed by atoms with Crippen molar-refractivity contribution >= 4 is 46.3 Å². The maximum Gasteiger partial charge on any atom is 0.401 e. The molecule has 21 nitrogen and oxygen atoms in total. The maximum absolute atomic E-state index is 13.8. The maximum atomic E-state index is 13.8.